The molecule has 3 rings (SSSR count). The van der Waals surface area contributed by atoms with E-state index in [0.717, 1.165) is 5.56 Å². The smallest absolute Gasteiger partial charge is 0.338 e. The number of benzene rings is 2. The minimum absolute atomic E-state index is 0.230. The van der Waals surface area contributed by atoms with Crippen LogP contribution in [0.4, 0.5) is 5.69 Å². The first-order valence-corrected chi connectivity index (χ1v) is 7.74. The van der Waals surface area contributed by atoms with E-state index in [-0.39, 0.29) is 17.6 Å². The van der Waals surface area contributed by atoms with E-state index >= 15 is 0 Å². The van der Waals surface area contributed by atoms with Crippen LogP contribution < -0.4 is 0 Å². The van der Waals surface area contributed by atoms with Crippen LogP contribution in [0.25, 0.3) is 11.5 Å². The molecule has 0 unspecified atom stereocenters. The highest BCUT2D eigenvalue weighted by Crippen LogP contribution is 2.25. The van der Waals surface area contributed by atoms with Crippen molar-refractivity contribution in [2.45, 2.75) is 6.92 Å². The molecule has 0 radical (unpaired) electrons. The van der Waals surface area contributed by atoms with E-state index in [1.165, 1.54) is 6.21 Å². The van der Waals surface area contributed by atoms with Crippen LogP contribution in [-0.4, -0.2) is 28.9 Å². The second kappa shape index (κ2) is 7.44. The Morgan fingerprint density at radius 3 is 2.60 bits per heavy atom. The molecule has 2 aromatic carbocycles. The molecule has 6 nitrogen and oxygen atoms in total. The summed E-state index contributed by atoms with van der Waals surface area (Å²) in [5.74, 6) is -0.359. The van der Waals surface area contributed by atoms with Gasteiger partial charge in [0.1, 0.15) is 0 Å². The number of nitrogens with zero attached hydrogens (tertiary/aromatic N) is 2. The molecule has 0 spiro atoms. The van der Waals surface area contributed by atoms with Gasteiger partial charge < -0.3 is 14.3 Å². The Morgan fingerprint density at radius 1 is 1.20 bits per heavy atom. The molecule has 6 heteroatoms. The zero-order chi connectivity index (χ0) is 17.6. The Morgan fingerprint density at radius 2 is 1.92 bits per heavy atom. The van der Waals surface area contributed by atoms with Crippen LogP contribution in [-0.2, 0) is 4.74 Å². The van der Waals surface area contributed by atoms with Crippen LogP contribution in [0, 0.1) is 0 Å². The number of ether oxygens (including phenoxy) is 1. The zero-order valence-electron chi connectivity index (χ0n) is 13.5. The van der Waals surface area contributed by atoms with Crippen molar-refractivity contribution in [3.8, 4) is 17.4 Å². The molecule has 0 bridgehead atoms. The van der Waals surface area contributed by atoms with Crippen molar-refractivity contribution in [2.24, 2.45) is 4.99 Å². The van der Waals surface area contributed by atoms with Crippen LogP contribution in [0.15, 0.2) is 64.0 Å². The summed E-state index contributed by atoms with van der Waals surface area (Å²) in [6, 6.07) is 15.9. The highest BCUT2D eigenvalue weighted by molar-refractivity contribution is 5.90. The van der Waals surface area contributed by atoms with Crippen molar-refractivity contribution in [1.29, 1.82) is 0 Å². The molecule has 0 saturated heterocycles. The maximum absolute atomic E-state index is 11.6. The van der Waals surface area contributed by atoms with Crippen molar-refractivity contribution in [3.05, 3.63) is 65.9 Å². The molecule has 0 amide bonds. The number of aromatic nitrogens is 1. The topological polar surface area (TPSA) is 84.9 Å². The van der Waals surface area contributed by atoms with Gasteiger partial charge in [0, 0.05) is 5.56 Å². The number of hydrogen-bond donors (Lipinski definition) is 1. The number of carbonyl (C=O) groups excluding carboxylic acids is 1. The van der Waals surface area contributed by atoms with Gasteiger partial charge >= 0.3 is 11.9 Å². The van der Waals surface area contributed by atoms with Gasteiger partial charge in [-0.1, -0.05) is 18.2 Å². The van der Waals surface area contributed by atoms with Gasteiger partial charge in [0.05, 0.1) is 24.1 Å². The van der Waals surface area contributed by atoms with Gasteiger partial charge in [-0.3, -0.25) is 4.99 Å². The normalized spacial score (nSPS) is 10.9. The van der Waals surface area contributed by atoms with Gasteiger partial charge in [0.15, 0.2) is 5.69 Å². The first-order valence-electron chi connectivity index (χ1n) is 7.74. The Kier molecular flexibility index (Phi) is 4.89. The summed E-state index contributed by atoms with van der Waals surface area (Å²) in [7, 11) is 0. The van der Waals surface area contributed by atoms with E-state index < -0.39 is 0 Å². The summed E-state index contributed by atoms with van der Waals surface area (Å²) in [5, 5.41) is 9.87. The minimum atomic E-state index is -0.375. The van der Waals surface area contributed by atoms with Gasteiger partial charge in [-0.05, 0) is 43.3 Å². The second-order valence-electron chi connectivity index (χ2n) is 5.10. The Labute approximate surface area is 144 Å². The highest BCUT2D eigenvalue weighted by atomic mass is 16.5. The van der Waals surface area contributed by atoms with Crippen LogP contribution >= 0.6 is 0 Å². The van der Waals surface area contributed by atoms with Crippen LogP contribution in [0.5, 0.6) is 5.95 Å². The maximum Gasteiger partial charge on any atom is 0.338 e. The fourth-order valence-electron chi connectivity index (χ4n) is 2.15. The van der Waals surface area contributed by atoms with Crippen LogP contribution in [0.2, 0.25) is 0 Å². The molecule has 0 aliphatic heterocycles. The first kappa shape index (κ1) is 16.4. The molecular formula is C19H16N2O4. The lowest BCUT2D eigenvalue weighted by Gasteiger charge is -2.01. The average Bonchev–Trinajstić information content (AvgIpc) is 3.02. The minimum Gasteiger partial charge on any atom is -0.479 e. The molecule has 1 N–H and O–H groups in total. The lowest BCUT2D eigenvalue weighted by Crippen LogP contribution is -2.03. The van der Waals surface area contributed by atoms with Crippen molar-refractivity contribution in [3.63, 3.8) is 0 Å². The number of aromatic hydroxyl groups is 1. The molecule has 0 saturated carbocycles. The maximum atomic E-state index is 11.6. The molecule has 1 heterocycles. The lowest BCUT2D eigenvalue weighted by molar-refractivity contribution is 0.0526. The largest absolute Gasteiger partial charge is 0.479 e. The van der Waals surface area contributed by atoms with Gasteiger partial charge in [-0.2, -0.15) is 0 Å². The summed E-state index contributed by atoms with van der Waals surface area (Å²) in [6.07, 6.45) is 1.41. The van der Waals surface area contributed by atoms with Crippen molar-refractivity contribution < 1.29 is 19.1 Å². The van der Waals surface area contributed by atoms with E-state index in [1.54, 1.807) is 31.2 Å². The number of hydrogen-bond acceptors (Lipinski definition) is 6. The third-order valence-corrected chi connectivity index (χ3v) is 3.37. The predicted molar refractivity (Wildman–Crippen MR) is 93.3 cm³/mol. The zero-order valence-corrected chi connectivity index (χ0v) is 13.5. The molecule has 1 aromatic heterocycles. The molecule has 0 atom stereocenters. The van der Waals surface area contributed by atoms with E-state index in [1.807, 2.05) is 30.3 Å². The fraction of sp³-hybridized carbons (Fsp3) is 0.105. The highest BCUT2D eigenvalue weighted by Gasteiger charge is 2.12. The van der Waals surface area contributed by atoms with E-state index in [9.17, 15) is 9.90 Å². The molecular weight excluding hydrogens is 320 g/mol. The Hall–Kier alpha value is -3.41. The van der Waals surface area contributed by atoms with Crippen molar-refractivity contribution in [2.75, 3.05) is 6.61 Å². The third kappa shape index (κ3) is 3.92. The van der Waals surface area contributed by atoms with Crippen LogP contribution in [0.1, 0.15) is 23.0 Å². The number of carbonyl (C=O) groups is 1. The molecule has 0 fully saturated rings. The molecule has 0 aliphatic rings. The van der Waals surface area contributed by atoms with Gasteiger partial charge in [-0.25, -0.2) is 9.78 Å². The molecule has 126 valence electrons. The number of rotatable bonds is 5. The summed E-state index contributed by atoms with van der Waals surface area (Å²) in [5.41, 5.74) is 2.05. The summed E-state index contributed by atoms with van der Waals surface area (Å²) in [6.45, 7) is 2.08. The predicted octanol–water partition coefficient (Wildman–Crippen LogP) is 3.97. The number of oxazole rings is 1. The second-order valence-corrected chi connectivity index (χ2v) is 5.10. The van der Waals surface area contributed by atoms with Crippen LogP contribution in [0.3, 0.4) is 0 Å². The van der Waals surface area contributed by atoms with Gasteiger partial charge in [-0.15, -0.1) is 0 Å². The SMILES string of the molecule is CCOC(=O)c1ccc(N=Cc2nc(-c3ccccc3)oc2O)cc1. The lowest BCUT2D eigenvalue weighted by atomic mass is 10.2. The van der Waals surface area contributed by atoms with Gasteiger partial charge in [0.25, 0.3) is 0 Å². The summed E-state index contributed by atoms with van der Waals surface area (Å²) in [4.78, 5) is 20.1. The Balaban J connectivity index is 1.76. The average molecular weight is 336 g/mol. The van der Waals surface area contributed by atoms with E-state index in [0.29, 0.717) is 23.7 Å². The number of esters is 1. The molecule has 3 aromatic rings. The summed E-state index contributed by atoms with van der Waals surface area (Å²) < 4.78 is 10.2. The van der Waals surface area contributed by atoms with E-state index in [4.69, 9.17) is 9.15 Å². The van der Waals surface area contributed by atoms with Crippen molar-refractivity contribution >= 4 is 17.9 Å². The quantitative estimate of drug-likeness (QED) is 0.563. The fourth-order valence-corrected chi connectivity index (χ4v) is 2.15. The molecule has 0 aliphatic carbocycles. The Bertz CT molecular complexity index is 884. The molecule has 25 heavy (non-hydrogen) atoms. The standard InChI is InChI=1S/C19H16N2O4/c1-2-24-18(22)14-8-10-15(11-9-14)20-12-16-19(23)25-17(21-16)13-6-4-3-5-7-13/h3-12,23H,2H2,1H3. The third-order valence-electron chi connectivity index (χ3n) is 3.37. The summed E-state index contributed by atoms with van der Waals surface area (Å²) >= 11 is 0. The van der Waals surface area contributed by atoms with Crippen molar-refractivity contribution in [1.82, 2.24) is 4.98 Å². The monoisotopic (exact) mass is 336 g/mol. The van der Waals surface area contributed by atoms with Gasteiger partial charge in [0.2, 0.25) is 5.89 Å². The number of aliphatic imine (C=N–C) groups is 1. The first-order chi connectivity index (χ1) is 12.2. The van der Waals surface area contributed by atoms with E-state index in [2.05, 4.69) is 9.98 Å².